The van der Waals surface area contributed by atoms with E-state index in [4.69, 9.17) is 0 Å². The molecule has 2 unspecified atom stereocenters. The molecule has 0 aliphatic rings. The van der Waals surface area contributed by atoms with Crippen molar-refractivity contribution in [2.75, 3.05) is 13.6 Å². The molecule has 1 N–H and O–H groups in total. The maximum absolute atomic E-state index is 4.58. The van der Waals surface area contributed by atoms with Gasteiger partial charge in [0.2, 0.25) is 0 Å². The first-order chi connectivity index (χ1) is 7.63. The van der Waals surface area contributed by atoms with Crippen molar-refractivity contribution < 1.29 is 0 Å². The molecule has 4 nitrogen and oxygen atoms in total. The first-order valence-corrected chi connectivity index (χ1v) is 6.22. The summed E-state index contributed by atoms with van der Waals surface area (Å²) in [6.07, 6.45) is 1.86. The topological polar surface area (TPSA) is 42.7 Å². The second kappa shape index (κ2) is 5.99. The third-order valence-corrected chi connectivity index (χ3v) is 3.11. The average molecular weight is 224 g/mol. The van der Waals surface area contributed by atoms with Crippen LogP contribution in [-0.2, 0) is 12.8 Å². The predicted octanol–water partition coefficient (Wildman–Crippen LogP) is 1.82. The summed E-state index contributed by atoms with van der Waals surface area (Å²) in [5.41, 5.74) is 0. The molecule has 0 aromatic carbocycles. The van der Waals surface area contributed by atoms with Gasteiger partial charge in [0.1, 0.15) is 5.82 Å². The second-order valence-corrected chi connectivity index (χ2v) is 4.37. The summed E-state index contributed by atoms with van der Waals surface area (Å²) in [5.74, 6) is 2.62. The van der Waals surface area contributed by atoms with Crippen LogP contribution in [0, 0.1) is 5.92 Å². The summed E-state index contributed by atoms with van der Waals surface area (Å²) in [7, 11) is 1.99. The van der Waals surface area contributed by atoms with Crippen molar-refractivity contribution in [3.05, 3.63) is 11.6 Å². The molecule has 4 heteroatoms. The Morgan fingerprint density at radius 3 is 2.44 bits per heavy atom. The molecule has 1 rings (SSSR count). The van der Waals surface area contributed by atoms with Gasteiger partial charge in [-0.2, -0.15) is 5.10 Å². The van der Waals surface area contributed by atoms with Crippen LogP contribution in [0.1, 0.15) is 45.4 Å². The van der Waals surface area contributed by atoms with Gasteiger partial charge in [0, 0.05) is 12.8 Å². The van der Waals surface area contributed by atoms with Gasteiger partial charge >= 0.3 is 0 Å². The highest BCUT2D eigenvalue weighted by molar-refractivity contribution is 4.95. The molecule has 1 aromatic heterocycles. The zero-order chi connectivity index (χ0) is 12.1. The highest BCUT2D eigenvalue weighted by Crippen LogP contribution is 2.18. The van der Waals surface area contributed by atoms with Crippen LogP contribution >= 0.6 is 0 Å². The van der Waals surface area contributed by atoms with Gasteiger partial charge in [-0.25, -0.2) is 9.67 Å². The van der Waals surface area contributed by atoms with E-state index < -0.39 is 0 Å². The fourth-order valence-electron chi connectivity index (χ4n) is 1.86. The minimum atomic E-state index is 0.398. The van der Waals surface area contributed by atoms with Gasteiger partial charge in [0.25, 0.3) is 0 Å². The summed E-state index contributed by atoms with van der Waals surface area (Å²) >= 11 is 0. The Labute approximate surface area is 98.5 Å². The van der Waals surface area contributed by atoms with Crippen molar-refractivity contribution in [2.24, 2.45) is 5.92 Å². The Morgan fingerprint density at radius 1 is 1.25 bits per heavy atom. The maximum atomic E-state index is 4.58. The number of hydrogen-bond donors (Lipinski definition) is 1. The molecule has 16 heavy (non-hydrogen) atoms. The van der Waals surface area contributed by atoms with Crippen molar-refractivity contribution in [2.45, 2.75) is 46.6 Å². The second-order valence-electron chi connectivity index (χ2n) is 4.37. The molecule has 0 bridgehead atoms. The van der Waals surface area contributed by atoms with Crippen LogP contribution in [0.3, 0.4) is 0 Å². The zero-order valence-electron chi connectivity index (χ0n) is 11.1. The molecule has 0 radical (unpaired) electrons. The van der Waals surface area contributed by atoms with E-state index in [2.05, 4.69) is 47.8 Å². The van der Waals surface area contributed by atoms with Crippen LogP contribution < -0.4 is 5.32 Å². The molecule has 0 saturated heterocycles. The van der Waals surface area contributed by atoms with Crippen LogP contribution in [0.4, 0.5) is 0 Å². The van der Waals surface area contributed by atoms with Crippen LogP contribution in [0.15, 0.2) is 0 Å². The summed E-state index contributed by atoms with van der Waals surface area (Å²) in [5, 5.41) is 7.80. The smallest absolute Gasteiger partial charge is 0.150 e. The Kier molecular flexibility index (Phi) is 4.93. The van der Waals surface area contributed by atoms with E-state index in [0.717, 1.165) is 31.0 Å². The van der Waals surface area contributed by atoms with E-state index in [-0.39, 0.29) is 0 Å². The Hall–Kier alpha value is -0.900. The molecule has 0 aliphatic carbocycles. The normalized spacial score (nSPS) is 15.1. The lowest BCUT2D eigenvalue weighted by atomic mass is 10.0. The van der Waals surface area contributed by atoms with Gasteiger partial charge in [-0.1, -0.05) is 20.8 Å². The average Bonchev–Trinajstić information content (AvgIpc) is 2.71. The van der Waals surface area contributed by atoms with Crippen molar-refractivity contribution in [3.8, 4) is 0 Å². The molecule has 1 heterocycles. The lowest BCUT2D eigenvalue weighted by molar-refractivity contribution is 0.334. The van der Waals surface area contributed by atoms with Gasteiger partial charge in [-0.05, 0) is 26.4 Å². The van der Waals surface area contributed by atoms with E-state index >= 15 is 0 Å². The minimum Gasteiger partial charge on any atom is -0.319 e. The van der Waals surface area contributed by atoms with Crippen LogP contribution in [-0.4, -0.2) is 28.4 Å². The van der Waals surface area contributed by atoms with Gasteiger partial charge in [0.05, 0.1) is 6.04 Å². The van der Waals surface area contributed by atoms with Gasteiger partial charge in [-0.15, -0.1) is 0 Å². The van der Waals surface area contributed by atoms with Crippen molar-refractivity contribution in [3.63, 3.8) is 0 Å². The van der Waals surface area contributed by atoms with Crippen LogP contribution in [0.5, 0.6) is 0 Å². The standard InChI is InChI=1S/C12H24N4/c1-6-11-14-12(7-2)16(15-11)10(4)9(3)8-13-5/h9-10,13H,6-8H2,1-5H3. The number of aromatic nitrogens is 3. The largest absolute Gasteiger partial charge is 0.319 e. The van der Waals surface area contributed by atoms with Gasteiger partial charge in [-0.3, -0.25) is 0 Å². The number of nitrogens with one attached hydrogen (secondary N) is 1. The monoisotopic (exact) mass is 224 g/mol. The van der Waals surface area contributed by atoms with Gasteiger partial charge < -0.3 is 5.32 Å². The van der Waals surface area contributed by atoms with E-state index in [1.165, 1.54) is 0 Å². The lowest BCUT2D eigenvalue weighted by Gasteiger charge is -2.21. The third kappa shape index (κ3) is 2.82. The fourth-order valence-corrected chi connectivity index (χ4v) is 1.86. The maximum Gasteiger partial charge on any atom is 0.150 e. The minimum absolute atomic E-state index is 0.398. The van der Waals surface area contributed by atoms with Crippen LogP contribution in [0.25, 0.3) is 0 Å². The third-order valence-electron chi connectivity index (χ3n) is 3.11. The number of nitrogens with zero attached hydrogens (tertiary/aromatic N) is 3. The molecule has 0 spiro atoms. The van der Waals surface area contributed by atoms with Crippen LogP contribution in [0.2, 0.25) is 0 Å². The van der Waals surface area contributed by atoms with Gasteiger partial charge in [0.15, 0.2) is 5.82 Å². The van der Waals surface area contributed by atoms with E-state index in [0.29, 0.717) is 12.0 Å². The summed E-state index contributed by atoms with van der Waals surface area (Å²) in [6.45, 7) is 9.70. The number of hydrogen-bond acceptors (Lipinski definition) is 3. The Morgan fingerprint density at radius 2 is 1.94 bits per heavy atom. The Balaban J connectivity index is 2.88. The molecule has 0 amide bonds. The van der Waals surface area contributed by atoms with E-state index in [1.54, 1.807) is 0 Å². The quantitative estimate of drug-likeness (QED) is 0.801. The molecular formula is C12H24N4. The molecule has 92 valence electrons. The van der Waals surface area contributed by atoms with E-state index in [9.17, 15) is 0 Å². The highest BCUT2D eigenvalue weighted by Gasteiger charge is 2.18. The predicted molar refractivity (Wildman–Crippen MR) is 66.6 cm³/mol. The molecule has 0 saturated carbocycles. The van der Waals surface area contributed by atoms with E-state index in [1.807, 2.05) is 7.05 Å². The van der Waals surface area contributed by atoms with Crippen molar-refractivity contribution in [1.29, 1.82) is 0 Å². The molecule has 0 fully saturated rings. The fraction of sp³-hybridized carbons (Fsp3) is 0.833. The summed E-state index contributed by atoms with van der Waals surface area (Å²) < 4.78 is 2.10. The number of aryl methyl sites for hydroxylation is 2. The first kappa shape index (κ1) is 13.2. The van der Waals surface area contributed by atoms with Crippen molar-refractivity contribution >= 4 is 0 Å². The highest BCUT2D eigenvalue weighted by atomic mass is 15.4. The molecule has 0 aliphatic heterocycles. The molecule has 2 atom stereocenters. The summed E-state index contributed by atoms with van der Waals surface area (Å²) in [4.78, 5) is 4.54. The number of rotatable bonds is 6. The summed E-state index contributed by atoms with van der Waals surface area (Å²) in [6, 6.07) is 0.398. The zero-order valence-corrected chi connectivity index (χ0v) is 11.1. The molecule has 1 aromatic rings. The Bertz CT molecular complexity index is 319. The SMILES string of the molecule is CCc1nc(CC)n(C(C)C(C)CNC)n1. The van der Waals surface area contributed by atoms with Crippen molar-refractivity contribution in [1.82, 2.24) is 20.1 Å². The lowest BCUT2D eigenvalue weighted by Crippen LogP contribution is -2.26. The first-order valence-electron chi connectivity index (χ1n) is 6.22. The molecular weight excluding hydrogens is 200 g/mol.